The predicted octanol–water partition coefficient (Wildman–Crippen LogP) is -1.57. The number of phenolic OH excluding ortho intramolecular Hbond substituents is 1. The number of carbonyl (C=O) groups is 4. The van der Waals surface area contributed by atoms with E-state index in [0.717, 1.165) is 0 Å². The highest BCUT2D eigenvalue weighted by molar-refractivity contribution is 5.94. The Morgan fingerprint density at radius 1 is 1.09 bits per heavy atom. The number of rotatable bonds is 13. The number of carbonyl (C=O) groups excluding carboxylic acids is 3. The average Bonchev–Trinajstić information content (AvgIpc) is 3.32. The highest BCUT2D eigenvalue weighted by Gasteiger charge is 2.39. The zero-order chi connectivity index (χ0) is 26.0. The number of unbranched alkanes of at least 4 members (excludes halogenated alkanes) is 1. The van der Waals surface area contributed by atoms with E-state index in [-0.39, 0.29) is 25.1 Å². The fourth-order valence-electron chi connectivity index (χ4n) is 3.96. The Hall–Kier alpha value is -3.22. The molecule has 0 unspecified atom stereocenters. The molecule has 12 heteroatoms. The van der Waals surface area contributed by atoms with Crippen LogP contribution in [0, 0.1) is 0 Å². The maximum absolute atomic E-state index is 13.0. The van der Waals surface area contributed by atoms with Gasteiger partial charge in [0.05, 0.1) is 12.6 Å². The summed E-state index contributed by atoms with van der Waals surface area (Å²) < 4.78 is 0. The van der Waals surface area contributed by atoms with Gasteiger partial charge in [-0.05, 0) is 62.8 Å². The first-order valence-corrected chi connectivity index (χ1v) is 11.7. The Labute approximate surface area is 203 Å². The minimum atomic E-state index is -1.30. The van der Waals surface area contributed by atoms with E-state index in [2.05, 4.69) is 10.6 Å². The smallest absolute Gasteiger partial charge is 0.326 e. The maximum atomic E-state index is 13.0. The Bertz CT molecular complexity index is 880. The molecule has 0 bridgehead atoms. The molecule has 1 aliphatic rings. The van der Waals surface area contributed by atoms with Gasteiger partial charge in [-0.2, -0.15) is 0 Å². The minimum absolute atomic E-state index is 0.0761. The molecule has 4 atom stereocenters. The minimum Gasteiger partial charge on any atom is -0.508 e. The van der Waals surface area contributed by atoms with Crippen LogP contribution in [-0.2, 0) is 25.6 Å². The largest absolute Gasteiger partial charge is 0.508 e. The number of aliphatic hydroxyl groups is 1. The molecule has 0 radical (unpaired) electrons. The van der Waals surface area contributed by atoms with E-state index >= 15 is 0 Å². The second-order valence-electron chi connectivity index (χ2n) is 8.59. The van der Waals surface area contributed by atoms with E-state index in [1.54, 1.807) is 12.1 Å². The number of hydrogen-bond donors (Lipinski definition) is 7. The van der Waals surface area contributed by atoms with E-state index in [4.69, 9.17) is 11.5 Å². The zero-order valence-electron chi connectivity index (χ0n) is 19.6. The van der Waals surface area contributed by atoms with Crippen LogP contribution in [0.5, 0.6) is 5.75 Å². The molecule has 194 valence electrons. The van der Waals surface area contributed by atoms with Crippen molar-refractivity contribution in [3.8, 4) is 5.75 Å². The molecule has 1 heterocycles. The van der Waals surface area contributed by atoms with Gasteiger partial charge in [0.15, 0.2) is 0 Å². The number of nitrogens with one attached hydrogen (secondary N) is 2. The zero-order valence-corrected chi connectivity index (χ0v) is 19.6. The number of aromatic hydroxyl groups is 1. The van der Waals surface area contributed by atoms with Crippen molar-refractivity contribution in [3.63, 3.8) is 0 Å². The summed E-state index contributed by atoms with van der Waals surface area (Å²) in [5, 5.41) is 33.4. The molecule has 9 N–H and O–H groups in total. The fraction of sp³-hybridized carbons (Fsp3) is 0.565. The number of carboxylic acid groups (broad SMARTS) is 1. The summed E-state index contributed by atoms with van der Waals surface area (Å²) in [6.07, 6.45) is 2.37. The van der Waals surface area contributed by atoms with E-state index < -0.39 is 54.5 Å². The SMILES string of the molecule is NCCCC[C@H](NC(=O)[C@@H]1CCCN1C(=O)[C@H](CO)NC(=O)[C@@H](N)Cc1ccc(O)cc1)C(=O)O. The molecule has 35 heavy (non-hydrogen) atoms. The number of amides is 3. The fourth-order valence-corrected chi connectivity index (χ4v) is 3.96. The number of hydrogen-bond acceptors (Lipinski definition) is 8. The van der Waals surface area contributed by atoms with E-state index in [0.29, 0.717) is 37.8 Å². The number of nitrogens with zero attached hydrogens (tertiary/aromatic N) is 1. The van der Waals surface area contributed by atoms with Gasteiger partial charge in [0.25, 0.3) is 0 Å². The summed E-state index contributed by atoms with van der Waals surface area (Å²) in [5.41, 5.74) is 12.1. The van der Waals surface area contributed by atoms with Crippen molar-refractivity contribution in [2.45, 2.75) is 62.7 Å². The van der Waals surface area contributed by atoms with E-state index in [1.807, 2.05) is 0 Å². The molecule has 0 aliphatic carbocycles. The van der Waals surface area contributed by atoms with Crippen molar-refractivity contribution in [3.05, 3.63) is 29.8 Å². The van der Waals surface area contributed by atoms with Crippen LogP contribution >= 0.6 is 0 Å². The third-order valence-corrected chi connectivity index (χ3v) is 5.93. The van der Waals surface area contributed by atoms with Gasteiger partial charge >= 0.3 is 5.97 Å². The van der Waals surface area contributed by atoms with Crippen LogP contribution in [0.4, 0.5) is 0 Å². The number of likely N-dealkylation sites (tertiary alicyclic amines) is 1. The molecule has 1 aromatic carbocycles. The third kappa shape index (κ3) is 8.19. The first kappa shape index (κ1) is 28.0. The molecule has 1 saturated heterocycles. The number of aliphatic hydroxyl groups excluding tert-OH is 1. The quantitative estimate of drug-likeness (QED) is 0.158. The van der Waals surface area contributed by atoms with Crippen LogP contribution < -0.4 is 22.1 Å². The summed E-state index contributed by atoms with van der Waals surface area (Å²) in [7, 11) is 0. The topological polar surface area (TPSA) is 208 Å². The lowest BCUT2D eigenvalue weighted by Crippen LogP contribution is -2.58. The summed E-state index contributed by atoms with van der Waals surface area (Å²) >= 11 is 0. The van der Waals surface area contributed by atoms with Gasteiger partial charge in [0.1, 0.15) is 23.9 Å². The summed E-state index contributed by atoms with van der Waals surface area (Å²) in [6.45, 7) is -0.0516. The van der Waals surface area contributed by atoms with Gasteiger partial charge in [-0.3, -0.25) is 14.4 Å². The van der Waals surface area contributed by atoms with Crippen molar-refractivity contribution in [2.75, 3.05) is 19.7 Å². The van der Waals surface area contributed by atoms with Crippen LogP contribution in [0.3, 0.4) is 0 Å². The van der Waals surface area contributed by atoms with Gasteiger partial charge in [0, 0.05) is 6.54 Å². The Morgan fingerprint density at radius 3 is 2.37 bits per heavy atom. The van der Waals surface area contributed by atoms with E-state index in [1.165, 1.54) is 17.0 Å². The standard InChI is InChI=1S/C23H35N5O7/c24-10-2-1-4-17(23(34)35)26-21(32)19-5-3-11-28(19)22(33)18(13-29)27-20(31)16(25)12-14-6-8-15(30)9-7-14/h6-9,16-19,29-30H,1-5,10-13,24-25H2,(H,26,32)(H,27,31)(H,34,35)/t16-,17-,18-,19-/m0/s1. The number of carboxylic acids is 1. The van der Waals surface area contributed by atoms with Crippen LogP contribution in [0.15, 0.2) is 24.3 Å². The second-order valence-corrected chi connectivity index (χ2v) is 8.59. The lowest BCUT2D eigenvalue weighted by atomic mass is 10.1. The molecule has 0 spiro atoms. The predicted molar refractivity (Wildman–Crippen MR) is 126 cm³/mol. The molecule has 0 aromatic heterocycles. The van der Waals surface area contributed by atoms with Crippen LogP contribution in [0.25, 0.3) is 0 Å². The number of nitrogens with two attached hydrogens (primary N) is 2. The maximum Gasteiger partial charge on any atom is 0.326 e. The number of phenols is 1. The molecule has 1 aliphatic heterocycles. The van der Waals surface area contributed by atoms with Gasteiger partial charge < -0.3 is 42.3 Å². The Morgan fingerprint density at radius 2 is 1.77 bits per heavy atom. The molecule has 12 nitrogen and oxygen atoms in total. The summed E-state index contributed by atoms with van der Waals surface area (Å²) in [4.78, 5) is 51.2. The molecule has 3 amide bonds. The Balaban J connectivity index is 1.99. The number of benzene rings is 1. The summed E-state index contributed by atoms with van der Waals surface area (Å²) in [5.74, 6) is -2.99. The highest BCUT2D eigenvalue weighted by Crippen LogP contribution is 2.19. The molecule has 0 saturated carbocycles. The molecular formula is C23H35N5O7. The van der Waals surface area contributed by atoms with Crippen molar-refractivity contribution >= 4 is 23.7 Å². The van der Waals surface area contributed by atoms with Crippen molar-refractivity contribution in [1.29, 1.82) is 0 Å². The first-order chi connectivity index (χ1) is 16.7. The lowest BCUT2D eigenvalue weighted by molar-refractivity contribution is -0.145. The molecule has 1 fully saturated rings. The lowest BCUT2D eigenvalue weighted by Gasteiger charge is -2.29. The average molecular weight is 494 g/mol. The van der Waals surface area contributed by atoms with Crippen molar-refractivity contribution in [1.82, 2.24) is 15.5 Å². The number of aliphatic carboxylic acids is 1. The van der Waals surface area contributed by atoms with Gasteiger partial charge in [-0.15, -0.1) is 0 Å². The monoisotopic (exact) mass is 493 g/mol. The van der Waals surface area contributed by atoms with Gasteiger partial charge in [0.2, 0.25) is 17.7 Å². The van der Waals surface area contributed by atoms with E-state index in [9.17, 15) is 34.5 Å². The Kier molecular flexibility index (Phi) is 10.9. The summed E-state index contributed by atoms with van der Waals surface area (Å²) in [6, 6.07) is 1.84. The molecule has 1 aromatic rings. The van der Waals surface area contributed by atoms with Crippen LogP contribution in [0.1, 0.15) is 37.7 Å². The highest BCUT2D eigenvalue weighted by atomic mass is 16.4. The third-order valence-electron chi connectivity index (χ3n) is 5.93. The normalized spacial score (nSPS) is 17.9. The van der Waals surface area contributed by atoms with Crippen LogP contribution in [0.2, 0.25) is 0 Å². The van der Waals surface area contributed by atoms with Crippen molar-refractivity contribution in [2.24, 2.45) is 11.5 Å². The molecular weight excluding hydrogens is 458 g/mol. The van der Waals surface area contributed by atoms with Gasteiger partial charge in [-0.1, -0.05) is 12.1 Å². The van der Waals surface area contributed by atoms with Crippen LogP contribution in [-0.4, -0.2) is 87.8 Å². The first-order valence-electron chi connectivity index (χ1n) is 11.7. The second kappa shape index (κ2) is 13.6. The molecule has 2 rings (SSSR count). The van der Waals surface area contributed by atoms with Gasteiger partial charge in [-0.25, -0.2) is 4.79 Å². The van der Waals surface area contributed by atoms with Crippen molar-refractivity contribution < 1.29 is 34.5 Å².